The lowest BCUT2D eigenvalue weighted by Crippen LogP contribution is -2.42. The fourth-order valence-corrected chi connectivity index (χ4v) is 2.85. The predicted octanol–water partition coefficient (Wildman–Crippen LogP) is 1.22. The fraction of sp³-hybridized carbons (Fsp3) is 0. The van der Waals surface area contributed by atoms with Crippen LogP contribution in [-0.4, -0.2) is 68.6 Å². The molecule has 13 nitrogen and oxygen atoms in total. The van der Waals surface area contributed by atoms with E-state index in [2.05, 4.69) is 0 Å². The highest BCUT2D eigenvalue weighted by atomic mass is 31.0. The van der Waals surface area contributed by atoms with Crippen LogP contribution < -0.4 is 0 Å². The molecule has 3 aromatic rings. The van der Waals surface area contributed by atoms with Gasteiger partial charge in [-0.1, -0.05) is 0 Å². The highest BCUT2D eigenvalue weighted by molar-refractivity contribution is 6.92. The van der Waals surface area contributed by atoms with Crippen molar-refractivity contribution >= 4 is 27.6 Å². The van der Waals surface area contributed by atoms with Gasteiger partial charge in [0.25, 0.3) is 17.7 Å². The SMILES string of the molecule is O=C(c1cc(O)c(O)c(O)c1)N(C(=O)c1cc(O)c(O)c(O)c1)C(=O)c1cc(O)c(O)c(O)c1.P. The minimum Gasteiger partial charge on any atom is -0.504 e. The van der Waals surface area contributed by atoms with Crippen molar-refractivity contribution in [1.82, 2.24) is 4.90 Å². The van der Waals surface area contributed by atoms with Gasteiger partial charge in [0.2, 0.25) is 0 Å². The van der Waals surface area contributed by atoms with Gasteiger partial charge in [-0.25, -0.2) is 4.90 Å². The fourth-order valence-electron chi connectivity index (χ4n) is 2.85. The van der Waals surface area contributed by atoms with E-state index in [4.69, 9.17) is 0 Å². The van der Waals surface area contributed by atoms with E-state index < -0.39 is 86.2 Å². The molecule has 0 aromatic heterocycles. The molecule has 0 saturated carbocycles. The first-order valence-electron chi connectivity index (χ1n) is 9.01. The summed E-state index contributed by atoms with van der Waals surface area (Å²) >= 11 is 0. The van der Waals surface area contributed by atoms with Gasteiger partial charge in [0.1, 0.15) is 0 Å². The van der Waals surface area contributed by atoms with Crippen LogP contribution in [0.25, 0.3) is 0 Å². The molecule has 14 heteroatoms. The van der Waals surface area contributed by atoms with Crippen molar-refractivity contribution in [2.45, 2.75) is 0 Å². The van der Waals surface area contributed by atoms with Crippen LogP contribution in [0.3, 0.4) is 0 Å². The number of benzene rings is 3. The Morgan fingerprint density at radius 3 is 0.771 bits per heavy atom. The molecule has 3 amide bonds. The van der Waals surface area contributed by atoms with Crippen LogP contribution in [-0.2, 0) is 0 Å². The number of phenols is 9. The quantitative estimate of drug-likeness (QED) is 0.138. The lowest BCUT2D eigenvalue weighted by molar-refractivity contribution is 0.0536. The predicted molar refractivity (Wildman–Crippen MR) is 120 cm³/mol. The normalized spacial score (nSPS) is 10.3. The largest absolute Gasteiger partial charge is 0.504 e. The average Bonchev–Trinajstić information content (AvgIpc) is 2.78. The number of hydrogen-bond donors (Lipinski definition) is 9. The molecule has 3 aromatic carbocycles. The maximum Gasteiger partial charge on any atom is 0.268 e. The molecule has 0 aliphatic heterocycles. The number of nitrogens with zero attached hydrogens (tertiary/aromatic N) is 1. The zero-order chi connectivity index (χ0) is 25.5. The monoisotopic (exact) mass is 507 g/mol. The summed E-state index contributed by atoms with van der Waals surface area (Å²) < 4.78 is 0. The minimum atomic E-state index is -1.50. The second-order valence-corrected chi connectivity index (χ2v) is 6.84. The van der Waals surface area contributed by atoms with Gasteiger partial charge in [0.15, 0.2) is 51.7 Å². The van der Waals surface area contributed by atoms with Crippen molar-refractivity contribution in [2.24, 2.45) is 0 Å². The molecule has 0 fully saturated rings. The molecule has 1 atom stereocenters. The lowest BCUT2D eigenvalue weighted by atomic mass is 10.1. The molecule has 0 heterocycles. The third kappa shape index (κ3) is 4.75. The molecule has 0 spiro atoms. The number of imide groups is 3. The van der Waals surface area contributed by atoms with Crippen LogP contribution in [0.4, 0.5) is 0 Å². The van der Waals surface area contributed by atoms with E-state index in [1.165, 1.54) is 0 Å². The van der Waals surface area contributed by atoms with Crippen LogP contribution in [0.5, 0.6) is 51.7 Å². The van der Waals surface area contributed by atoms with Gasteiger partial charge in [-0.2, -0.15) is 9.90 Å². The summed E-state index contributed by atoms with van der Waals surface area (Å²) in [5.41, 5.74) is -2.06. The van der Waals surface area contributed by atoms with Gasteiger partial charge in [-0.05, 0) is 36.4 Å². The third-order valence-electron chi connectivity index (χ3n) is 4.56. The maximum absolute atomic E-state index is 13.1. The third-order valence-corrected chi connectivity index (χ3v) is 4.56. The Labute approximate surface area is 198 Å². The second kappa shape index (κ2) is 9.53. The minimum absolute atomic E-state index is 0. The summed E-state index contributed by atoms with van der Waals surface area (Å²) in [6, 6.07) is 3.68. The first kappa shape index (κ1) is 26.4. The smallest absolute Gasteiger partial charge is 0.268 e. The standard InChI is InChI=1S/C21H15NO12.H3P/c23-10-1-7(2-11(24)16(10)29)19(32)22(20(33)8-3-12(25)17(30)13(26)4-8)21(34)9-5-14(27)18(31)15(28)6-9;/h1-6,23-31H;1H3. The van der Waals surface area contributed by atoms with Crippen molar-refractivity contribution in [1.29, 1.82) is 0 Å². The Kier molecular flexibility index (Phi) is 7.18. The van der Waals surface area contributed by atoms with Crippen LogP contribution >= 0.6 is 9.90 Å². The van der Waals surface area contributed by atoms with Gasteiger partial charge in [-0.15, -0.1) is 0 Å². The van der Waals surface area contributed by atoms with E-state index in [0.29, 0.717) is 36.4 Å². The number of carbonyl (C=O) groups is 3. The van der Waals surface area contributed by atoms with Crippen LogP contribution in [0.2, 0.25) is 0 Å². The molecule has 184 valence electrons. The van der Waals surface area contributed by atoms with E-state index in [1.807, 2.05) is 0 Å². The highest BCUT2D eigenvalue weighted by Gasteiger charge is 2.34. The Hall–Kier alpha value is -4.90. The van der Waals surface area contributed by atoms with E-state index in [1.54, 1.807) is 0 Å². The van der Waals surface area contributed by atoms with Crippen molar-refractivity contribution in [2.75, 3.05) is 0 Å². The molecule has 0 aliphatic carbocycles. The zero-order valence-corrected chi connectivity index (χ0v) is 18.8. The molecule has 9 N–H and O–H groups in total. The number of amides is 3. The summed E-state index contributed by atoms with van der Waals surface area (Å²) in [6.07, 6.45) is 0. The van der Waals surface area contributed by atoms with Crippen molar-refractivity contribution in [3.63, 3.8) is 0 Å². The average molecular weight is 507 g/mol. The number of aromatic hydroxyl groups is 9. The van der Waals surface area contributed by atoms with Crippen molar-refractivity contribution in [3.05, 3.63) is 53.1 Å². The number of rotatable bonds is 3. The molecular weight excluding hydrogens is 489 g/mol. The summed E-state index contributed by atoms with van der Waals surface area (Å²) in [7, 11) is 0. The summed E-state index contributed by atoms with van der Waals surface area (Å²) in [4.78, 5) is 39.2. The van der Waals surface area contributed by atoms with Crippen LogP contribution in [0.1, 0.15) is 31.1 Å². The van der Waals surface area contributed by atoms with Gasteiger partial charge in [0, 0.05) is 16.7 Å². The lowest BCUT2D eigenvalue weighted by Gasteiger charge is -2.20. The second-order valence-electron chi connectivity index (χ2n) is 6.84. The zero-order valence-electron chi connectivity index (χ0n) is 17.4. The Bertz CT molecular complexity index is 1140. The maximum atomic E-state index is 13.1. The number of hydrogen-bond acceptors (Lipinski definition) is 12. The van der Waals surface area contributed by atoms with Gasteiger partial charge in [-0.3, -0.25) is 14.4 Å². The molecule has 1 unspecified atom stereocenters. The van der Waals surface area contributed by atoms with Gasteiger partial charge in [0.05, 0.1) is 0 Å². The molecule has 0 saturated heterocycles. The molecule has 35 heavy (non-hydrogen) atoms. The van der Waals surface area contributed by atoms with E-state index in [9.17, 15) is 60.3 Å². The van der Waals surface area contributed by atoms with Crippen molar-refractivity contribution in [3.8, 4) is 51.7 Å². The molecule has 0 aliphatic rings. The van der Waals surface area contributed by atoms with E-state index in [-0.39, 0.29) is 14.8 Å². The molecule has 0 bridgehead atoms. The van der Waals surface area contributed by atoms with Gasteiger partial charge >= 0.3 is 0 Å². The highest BCUT2D eigenvalue weighted by Crippen LogP contribution is 2.39. The van der Waals surface area contributed by atoms with Crippen LogP contribution in [0, 0.1) is 0 Å². The topological polar surface area (TPSA) is 237 Å². The Morgan fingerprint density at radius 1 is 0.429 bits per heavy atom. The summed E-state index contributed by atoms with van der Waals surface area (Å²) in [5.74, 6) is -13.4. The molecule has 0 radical (unpaired) electrons. The van der Waals surface area contributed by atoms with Crippen LogP contribution in [0.15, 0.2) is 36.4 Å². The van der Waals surface area contributed by atoms with Crippen molar-refractivity contribution < 1.29 is 60.3 Å². The molecule has 3 rings (SSSR count). The summed E-state index contributed by atoms with van der Waals surface area (Å²) in [5, 5.41) is 86.6. The summed E-state index contributed by atoms with van der Waals surface area (Å²) in [6.45, 7) is 0. The number of phenolic OH excluding ortho intramolecular Hbond substituents is 9. The Morgan fingerprint density at radius 2 is 0.600 bits per heavy atom. The number of carbonyl (C=O) groups excluding carboxylic acids is 3. The van der Waals surface area contributed by atoms with E-state index >= 15 is 0 Å². The molecular formula is C21H18NO12P. The first-order valence-corrected chi connectivity index (χ1v) is 9.01. The van der Waals surface area contributed by atoms with E-state index in [0.717, 1.165) is 0 Å². The first-order chi connectivity index (χ1) is 15.8. The van der Waals surface area contributed by atoms with Gasteiger partial charge < -0.3 is 46.0 Å². The Balaban J connectivity index is 0.00000432.